The first-order chi connectivity index (χ1) is 7.27. The van der Waals surface area contributed by atoms with E-state index in [1.807, 2.05) is 11.9 Å². The van der Waals surface area contributed by atoms with Crippen LogP contribution in [-0.4, -0.2) is 50.2 Å². The van der Waals surface area contributed by atoms with Gasteiger partial charge in [0.2, 0.25) is 5.91 Å². The third-order valence-electron chi connectivity index (χ3n) is 3.31. The molecule has 4 heteroatoms. The molecule has 1 aliphatic heterocycles. The van der Waals surface area contributed by atoms with Gasteiger partial charge in [-0.05, 0) is 12.8 Å². The van der Waals surface area contributed by atoms with Crippen molar-refractivity contribution >= 4 is 5.91 Å². The number of amides is 1. The number of ether oxygens (including phenoxy) is 1. The predicted molar refractivity (Wildman–Crippen MR) is 57.6 cm³/mol. The minimum atomic E-state index is 0.174. The van der Waals surface area contributed by atoms with Crippen LogP contribution >= 0.6 is 0 Å². The van der Waals surface area contributed by atoms with E-state index in [-0.39, 0.29) is 6.10 Å². The maximum atomic E-state index is 11.8. The van der Waals surface area contributed by atoms with Crippen LogP contribution in [0.3, 0.4) is 0 Å². The number of morpholine rings is 1. The second kappa shape index (κ2) is 4.94. The Balaban J connectivity index is 1.74. The van der Waals surface area contributed by atoms with Gasteiger partial charge in [-0.15, -0.1) is 0 Å². The number of rotatable bonds is 3. The molecule has 2 aliphatic rings. The van der Waals surface area contributed by atoms with Crippen LogP contribution in [0, 0.1) is 5.92 Å². The second-order valence-electron chi connectivity index (χ2n) is 4.54. The molecular weight excluding hydrogens is 192 g/mol. The van der Waals surface area contributed by atoms with E-state index in [2.05, 4.69) is 5.32 Å². The summed E-state index contributed by atoms with van der Waals surface area (Å²) in [4.78, 5) is 13.7. The highest BCUT2D eigenvalue weighted by Crippen LogP contribution is 2.27. The highest BCUT2D eigenvalue weighted by Gasteiger charge is 2.29. The molecule has 1 saturated carbocycles. The lowest BCUT2D eigenvalue weighted by molar-refractivity contribution is -0.138. The molecule has 1 saturated heterocycles. The van der Waals surface area contributed by atoms with Crippen molar-refractivity contribution < 1.29 is 9.53 Å². The third-order valence-corrected chi connectivity index (χ3v) is 3.31. The van der Waals surface area contributed by atoms with E-state index in [9.17, 15) is 4.79 Å². The number of likely N-dealkylation sites (N-methyl/N-ethyl adjacent to an activating group) is 1. The van der Waals surface area contributed by atoms with Crippen molar-refractivity contribution in [2.45, 2.75) is 25.4 Å². The van der Waals surface area contributed by atoms with Gasteiger partial charge in [0.05, 0.1) is 12.7 Å². The van der Waals surface area contributed by atoms with Crippen LogP contribution < -0.4 is 5.32 Å². The van der Waals surface area contributed by atoms with Gasteiger partial charge < -0.3 is 15.0 Å². The maximum Gasteiger partial charge on any atom is 0.225 e. The van der Waals surface area contributed by atoms with E-state index in [1.165, 1.54) is 6.42 Å². The number of carbonyl (C=O) groups excluding carboxylic acids is 1. The average molecular weight is 212 g/mol. The number of carbonyl (C=O) groups is 1. The van der Waals surface area contributed by atoms with Crippen LogP contribution in [0.25, 0.3) is 0 Å². The molecule has 1 atom stereocenters. The van der Waals surface area contributed by atoms with E-state index in [1.54, 1.807) is 0 Å². The van der Waals surface area contributed by atoms with Crippen LogP contribution in [0.5, 0.6) is 0 Å². The molecule has 1 heterocycles. The summed E-state index contributed by atoms with van der Waals surface area (Å²) >= 11 is 0. The Labute approximate surface area is 91.0 Å². The van der Waals surface area contributed by atoms with Crippen molar-refractivity contribution in [3.05, 3.63) is 0 Å². The van der Waals surface area contributed by atoms with Crippen molar-refractivity contribution in [3.63, 3.8) is 0 Å². The van der Waals surface area contributed by atoms with Crippen molar-refractivity contribution in [2.75, 3.05) is 33.3 Å². The minimum Gasteiger partial charge on any atom is -0.374 e. The van der Waals surface area contributed by atoms with Crippen molar-refractivity contribution in [3.8, 4) is 0 Å². The zero-order chi connectivity index (χ0) is 10.7. The van der Waals surface area contributed by atoms with Gasteiger partial charge in [0, 0.05) is 32.6 Å². The van der Waals surface area contributed by atoms with Crippen LogP contribution in [0.4, 0.5) is 0 Å². The molecule has 15 heavy (non-hydrogen) atoms. The minimum absolute atomic E-state index is 0.174. The molecule has 1 aliphatic carbocycles. The van der Waals surface area contributed by atoms with E-state index in [0.717, 1.165) is 39.1 Å². The molecule has 0 bridgehead atoms. The zero-order valence-corrected chi connectivity index (χ0v) is 9.37. The molecule has 0 radical (unpaired) electrons. The van der Waals surface area contributed by atoms with E-state index in [0.29, 0.717) is 11.8 Å². The molecule has 2 rings (SSSR count). The highest BCUT2D eigenvalue weighted by atomic mass is 16.5. The van der Waals surface area contributed by atoms with Crippen molar-refractivity contribution in [1.82, 2.24) is 10.2 Å². The van der Waals surface area contributed by atoms with E-state index in [4.69, 9.17) is 4.74 Å². The molecule has 4 nitrogen and oxygen atoms in total. The molecular formula is C11H20N2O2. The molecule has 0 aromatic rings. The highest BCUT2D eigenvalue weighted by molar-refractivity contribution is 5.79. The van der Waals surface area contributed by atoms with Crippen LogP contribution in [0.15, 0.2) is 0 Å². The predicted octanol–water partition coefficient (Wildman–Crippen LogP) is 0.233. The van der Waals surface area contributed by atoms with E-state index >= 15 is 0 Å². The SMILES string of the molecule is CN(CC1CNCCO1)C(=O)C1CCC1. The monoisotopic (exact) mass is 212 g/mol. The first-order valence-electron chi connectivity index (χ1n) is 5.84. The Morgan fingerprint density at radius 2 is 2.33 bits per heavy atom. The number of nitrogens with zero attached hydrogens (tertiary/aromatic N) is 1. The number of hydrogen-bond acceptors (Lipinski definition) is 3. The molecule has 2 fully saturated rings. The fourth-order valence-corrected chi connectivity index (χ4v) is 2.10. The van der Waals surface area contributed by atoms with Gasteiger partial charge in [0.15, 0.2) is 0 Å². The summed E-state index contributed by atoms with van der Waals surface area (Å²) in [5.74, 6) is 0.599. The molecule has 86 valence electrons. The first kappa shape index (κ1) is 10.9. The summed E-state index contributed by atoms with van der Waals surface area (Å²) in [7, 11) is 1.89. The zero-order valence-electron chi connectivity index (χ0n) is 9.37. The largest absolute Gasteiger partial charge is 0.374 e. The molecule has 0 aromatic heterocycles. The maximum absolute atomic E-state index is 11.8. The van der Waals surface area contributed by atoms with Gasteiger partial charge in [-0.25, -0.2) is 0 Å². The first-order valence-corrected chi connectivity index (χ1v) is 5.84. The molecule has 1 amide bonds. The Hall–Kier alpha value is -0.610. The summed E-state index contributed by atoms with van der Waals surface area (Å²) in [6, 6.07) is 0. The lowest BCUT2D eigenvalue weighted by atomic mass is 9.84. The lowest BCUT2D eigenvalue weighted by Gasteiger charge is -2.32. The van der Waals surface area contributed by atoms with Crippen molar-refractivity contribution in [2.24, 2.45) is 5.92 Å². The Bertz CT molecular complexity index is 223. The third kappa shape index (κ3) is 2.69. The van der Waals surface area contributed by atoms with Gasteiger partial charge in [-0.3, -0.25) is 4.79 Å². The van der Waals surface area contributed by atoms with Crippen molar-refractivity contribution in [1.29, 1.82) is 0 Å². The van der Waals surface area contributed by atoms with Crippen LogP contribution in [0.2, 0.25) is 0 Å². The van der Waals surface area contributed by atoms with E-state index < -0.39 is 0 Å². The number of nitrogens with one attached hydrogen (secondary N) is 1. The summed E-state index contributed by atoms with van der Waals surface area (Å²) < 4.78 is 5.57. The molecule has 0 aromatic carbocycles. The summed E-state index contributed by atoms with van der Waals surface area (Å²) in [5.41, 5.74) is 0. The normalized spacial score (nSPS) is 27.1. The quantitative estimate of drug-likeness (QED) is 0.728. The van der Waals surface area contributed by atoms with Gasteiger partial charge in [-0.1, -0.05) is 6.42 Å². The summed E-state index contributed by atoms with van der Waals surface area (Å²) in [6.45, 7) is 3.28. The Morgan fingerprint density at radius 1 is 1.53 bits per heavy atom. The summed E-state index contributed by atoms with van der Waals surface area (Å²) in [5, 5.41) is 3.27. The van der Waals surface area contributed by atoms with Gasteiger partial charge >= 0.3 is 0 Å². The molecule has 1 N–H and O–H groups in total. The van der Waals surface area contributed by atoms with Crippen LogP contribution in [-0.2, 0) is 9.53 Å². The van der Waals surface area contributed by atoms with Crippen LogP contribution in [0.1, 0.15) is 19.3 Å². The number of hydrogen-bond donors (Lipinski definition) is 1. The molecule has 0 spiro atoms. The standard InChI is InChI=1S/C11H20N2O2/c1-13(11(14)9-3-2-4-9)8-10-7-12-5-6-15-10/h9-10,12H,2-8H2,1H3. The average Bonchev–Trinajstić information content (AvgIpc) is 2.16. The lowest BCUT2D eigenvalue weighted by Crippen LogP contribution is -2.47. The van der Waals surface area contributed by atoms with Gasteiger partial charge in [0.25, 0.3) is 0 Å². The van der Waals surface area contributed by atoms with Gasteiger partial charge in [0.1, 0.15) is 0 Å². The summed E-state index contributed by atoms with van der Waals surface area (Å²) in [6.07, 6.45) is 3.54. The fraction of sp³-hybridized carbons (Fsp3) is 0.909. The topological polar surface area (TPSA) is 41.6 Å². The smallest absolute Gasteiger partial charge is 0.225 e. The Morgan fingerprint density at radius 3 is 2.87 bits per heavy atom. The second-order valence-corrected chi connectivity index (χ2v) is 4.54. The molecule has 1 unspecified atom stereocenters. The van der Waals surface area contributed by atoms with Gasteiger partial charge in [-0.2, -0.15) is 0 Å². The fourth-order valence-electron chi connectivity index (χ4n) is 2.10. The Kier molecular flexibility index (Phi) is 3.59.